The Kier molecular flexibility index (Phi) is 19.9. The molecule has 0 saturated heterocycles. The Morgan fingerprint density at radius 2 is 2.09 bits per heavy atom. The number of rotatable bonds is 3. The van der Waals surface area contributed by atoms with Crippen LogP contribution in [0.3, 0.4) is 0 Å². The Bertz CT molecular complexity index is 108. The van der Waals surface area contributed by atoms with E-state index in [0.29, 0.717) is 6.54 Å². The molecule has 0 aliphatic heterocycles. The number of carbonyl (C=O) groups excluding carboxylic acids is 1. The zero-order valence-corrected chi connectivity index (χ0v) is 8.76. The summed E-state index contributed by atoms with van der Waals surface area (Å²) in [5.41, 5.74) is 0. The maximum absolute atomic E-state index is 10.5. The minimum absolute atomic E-state index is 0. The van der Waals surface area contributed by atoms with E-state index in [2.05, 4.69) is 15.6 Å². The van der Waals surface area contributed by atoms with Gasteiger partial charge in [0, 0.05) is 39.3 Å². The van der Waals surface area contributed by atoms with Crippen LogP contribution in [-0.4, -0.2) is 26.0 Å². The van der Waals surface area contributed by atoms with E-state index in [1.165, 1.54) is 0 Å². The van der Waals surface area contributed by atoms with E-state index in [-0.39, 0.29) is 52.8 Å². The van der Waals surface area contributed by atoms with Crippen LogP contribution in [-0.2, 0) is 32.7 Å². The van der Waals surface area contributed by atoms with E-state index in [9.17, 15) is 4.79 Å². The van der Waals surface area contributed by atoms with Crippen molar-refractivity contribution in [3.05, 3.63) is 0 Å². The smallest absolute Gasteiger partial charge is 0.316 e. The van der Waals surface area contributed by atoms with Gasteiger partial charge in [-0.2, -0.15) is 0 Å². The molecule has 0 aliphatic rings. The molecule has 5 heteroatoms. The zero-order valence-electron chi connectivity index (χ0n) is 5.92. The van der Waals surface area contributed by atoms with Crippen LogP contribution < -0.4 is 10.6 Å². The predicted molar refractivity (Wildman–Crippen MR) is 42.3 cm³/mol. The van der Waals surface area contributed by atoms with Gasteiger partial charge in [-0.1, -0.05) is 7.43 Å². The van der Waals surface area contributed by atoms with Gasteiger partial charge in [0.2, 0.25) is 0 Å². The third-order valence-corrected chi connectivity index (χ3v) is 0.668. The molecule has 2 amide bonds. The van der Waals surface area contributed by atoms with Gasteiger partial charge in [-0.25, -0.2) is 4.79 Å². The number of hydrogen-bond donors (Lipinski definition) is 2. The quantitative estimate of drug-likeness (QED) is 0.540. The average Bonchev–Trinajstić information content (AvgIpc) is 1.85. The Hall–Kier alpha value is 0.0439. The number of hydrogen-bond acceptors (Lipinski definition) is 2. The van der Waals surface area contributed by atoms with Crippen molar-refractivity contribution in [1.82, 2.24) is 10.6 Å². The molecule has 0 unspecified atom stereocenters. The second kappa shape index (κ2) is 12.7. The Labute approximate surface area is 93.1 Å². The molecule has 63 valence electrons. The van der Waals surface area contributed by atoms with E-state index in [0.717, 1.165) is 0 Å². The molecule has 0 fully saturated rings. The van der Waals surface area contributed by atoms with Crippen LogP contribution in [0.4, 0.5) is 4.79 Å². The van der Waals surface area contributed by atoms with Crippen molar-refractivity contribution in [2.75, 3.05) is 13.2 Å². The fourth-order valence-corrected chi connectivity index (χ4v) is 0.341. The Morgan fingerprint density at radius 3 is 2.45 bits per heavy atom. The third kappa shape index (κ3) is 13.1. The summed E-state index contributed by atoms with van der Waals surface area (Å²) in [6.07, 6.45) is 0. The van der Waals surface area contributed by atoms with Gasteiger partial charge in [0.15, 0.2) is 0 Å². The number of urea groups is 1. The van der Waals surface area contributed by atoms with Crippen LogP contribution in [0.25, 0.3) is 0 Å². The summed E-state index contributed by atoms with van der Waals surface area (Å²) in [6.45, 7) is 7.35. The largest absolute Gasteiger partial charge is 0.489 e. The van der Waals surface area contributed by atoms with Gasteiger partial charge in [0.25, 0.3) is 0 Å². The first-order chi connectivity index (χ1) is 4.31. The predicted octanol–water partition coefficient (Wildman–Crippen LogP) is 0.474. The first-order valence-electron chi connectivity index (χ1n) is 2.69. The molecule has 0 saturated carbocycles. The van der Waals surface area contributed by atoms with Crippen molar-refractivity contribution in [2.24, 2.45) is 4.99 Å². The van der Waals surface area contributed by atoms with Gasteiger partial charge in [-0.3, -0.25) is 0 Å². The fraction of sp³-hybridized carbons (Fsp3) is 0.667. The number of nitrogens with one attached hydrogen (secondary N) is 2. The second-order valence-corrected chi connectivity index (χ2v) is 1.38. The van der Waals surface area contributed by atoms with Crippen molar-refractivity contribution in [3.8, 4) is 0 Å². The molecule has 0 bridgehead atoms. The van der Waals surface area contributed by atoms with E-state index < -0.39 is 0 Å². The number of carbonyl (C=O) groups is 1. The maximum atomic E-state index is 10.5. The Balaban J connectivity index is -0.000000320. The summed E-state index contributed by atoms with van der Waals surface area (Å²) < 4.78 is 0. The molecule has 0 atom stereocenters. The van der Waals surface area contributed by atoms with E-state index in [1.54, 1.807) is 0 Å². The molecule has 0 aromatic heterocycles. The first kappa shape index (κ1) is 17.2. The normalized spacial score (nSPS) is 6.64. The SMILES string of the molecule is C.[CH-]=NCNC(=O)NCC.[Y]. The standard InChI is InChI=1S/C5H10N3O.CH4.Y/c1-3-7-5(9)8-4-6-2;;/h2H,3-4H2,1H3,(H2,7,8,9);1H4;/q-1;;. The van der Waals surface area contributed by atoms with Crippen LogP contribution in [0.2, 0.25) is 0 Å². The molecule has 0 rings (SSSR count). The molecule has 0 aromatic rings. The minimum atomic E-state index is -0.244. The van der Waals surface area contributed by atoms with Crippen molar-refractivity contribution in [2.45, 2.75) is 14.4 Å². The van der Waals surface area contributed by atoms with Gasteiger partial charge >= 0.3 is 6.03 Å². The summed E-state index contributed by atoms with van der Waals surface area (Å²) in [5.74, 6) is 0. The van der Waals surface area contributed by atoms with Crippen molar-refractivity contribution in [1.29, 1.82) is 0 Å². The molecule has 1 radical (unpaired) electrons. The van der Waals surface area contributed by atoms with Crippen LogP contribution >= 0.6 is 0 Å². The third-order valence-electron chi connectivity index (χ3n) is 0.668. The minimum Gasteiger partial charge on any atom is -0.489 e. The first-order valence-corrected chi connectivity index (χ1v) is 2.69. The molecular weight excluding hydrogens is 219 g/mol. The molecule has 11 heavy (non-hydrogen) atoms. The number of aliphatic imine (C=N–C) groups is 1. The molecule has 0 aliphatic carbocycles. The summed E-state index contributed by atoms with van der Waals surface area (Å²) in [6, 6.07) is -0.244. The molecule has 0 heterocycles. The maximum Gasteiger partial charge on any atom is 0.316 e. The summed E-state index contributed by atoms with van der Waals surface area (Å²) >= 11 is 0. The van der Waals surface area contributed by atoms with E-state index in [1.807, 2.05) is 6.92 Å². The van der Waals surface area contributed by atoms with Gasteiger partial charge in [0.05, 0.1) is 6.67 Å². The number of nitrogens with zero attached hydrogens (tertiary/aromatic N) is 1. The average molecular weight is 233 g/mol. The monoisotopic (exact) mass is 233 g/mol. The van der Waals surface area contributed by atoms with Crippen LogP contribution in [0.15, 0.2) is 4.99 Å². The van der Waals surface area contributed by atoms with Crippen LogP contribution in [0, 0.1) is 0 Å². The summed E-state index contributed by atoms with van der Waals surface area (Å²) in [4.78, 5) is 13.7. The Morgan fingerprint density at radius 1 is 1.55 bits per heavy atom. The van der Waals surface area contributed by atoms with Gasteiger partial charge in [-0.15, -0.1) is 0 Å². The summed E-state index contributed by atoms with van der Waals surface area (Å²) in [7, 11) is 0. The van der Waals surface area contributed by atoms with E-state index >= 15 is 0 Å². The molecular formula is C6H14N3OY-. The molecule has 0 spiro atoms. The zero-order chi connectivity index (χ0) is 7.11. The van der Waals surface area contributed by atoms with Crippen molar-refractivity contribution in [3.63, 3.8) is 0 Å². The van der Waals surface area contributed by atoms with Crippen LogP contribution in [0.1, 0.15) is 14.4 Å². The van der Waals surface area contributed by atoms with Crippen molar-refractivity contribution >= 4 is 12.7 Å². The van der Waals surface area contributed by atoms with Crippen molar-refractivity contribution < 1.29 is 37.5 Å². The number of amides is 2. The topological polar surface area (TPSA) is 53.5 Å². The van der Waals surface area contributed by atoms with Gasteiger partial charge in [-0.05, 0) is 6.92 Å². The van der Waals surface area contributed by atoms with Gasteiger partial charge in [0.1, 0.15) is 0 Å². The van der Waals surface area contributed by atoms with E-state index in [4.69, 9.17) is 6.72 Å². The second-order valence-electron chi connectivity index (χ2n) is 1.38. The molecule has 0 aromatic carbocycles. The van der Waals surface area contributed by atoms with Crippen LogP contribution in [0.5, 0.6) is 0 Å². The fourth-order valence-electron chi connectivity index (χ4n) is 0.341. The molecule has 2 N–H and O–H groups in total. The van der Waals surface area contributed by atoms with Gasteiger partial charge < -0.3 is 22.3 Å². The summed E-state index contributed by atoms with van der Waals surface area (Å²) in [5, 5.41) is 4.91. The molecule has 4 nitrogen and oxygen atoms in total.